The van der Waals surface area contributed by atoms with Crippen molar-refractivity contribution in [3.8, 4) is 0 Å². The van der Waals surface area contributed by atoms with Crippen LogP contribution in [0.2, 0.25) is 0 Å². The second-order valence-electron chi connectivity index (χ2n) is 4.43. The first-order valence-electron chi connectivity index (χ1n) is 6.25. The van der Waals surface area contributed by atoms with Crippen molar-refractivity contribution in [2.45, 2.75) is 19.4 Å². The highest BCUT2D eigenvalue weighted by molar-refractivity contribution is 7.89. The molecule has 1 atom stereocenters. The molecular weight excluding hydrogens is 250 g/mol. The van der Waals surface area contributed by atoms with Gasteiger partial charge in [-0.2, -0.15) is 4.31 Å². The summed E-state index contributed by atoms with van der Waals surface area (Å²) in [5.41, 5.74) is 0.948. The first kappa shape index (κ1) is 13.5. The molecule has 6 heteroatoms. The Morgan fingerprint density at radius 3 is 3.06 bits per heavy atom. The van der Waals surface area contributed by atoms with Crippen molar-refractivity contribution in [3.05, 3.63) is 30.1 Å². The molecule has 5 nitrogen and oxygen atoms in total. The number of pyridine rings is 1. The van der Waals surface area contributed by atoms with Gasteiger partial charge in [0.2, 0.25) is 10.0 Å². The summed E-state index contributed by atoms with van der Waals surface area (Å²) in [5.74, 6) is 0.212. The maximum Gasteiger partial charge on any atom is 0.214 e. The van der Waals surface area contributed by atoms with E-state index in [4.69, 9.17) is 0 Å². The highest BCUT2D eigenvalue weighted by atomic mass is 32.2. The first-order valence-corrected chi connectivity index (χ1v) is 7.86. The molecule has 1 N–H and O–H groups in total. The Morgan fingerprint density at radius 1 is 1.56 bits per heavy atom. The number of piperazine rings is 1. The summed E-state index contributed by atoms with van der Waals surface area (Å²) in [5, 5.41) is 3.24. The van der Waals surface area contributed by atoms with E-state index in [2.05, 4.69) is 10.3 Å². The Hall–Kier alpha value is -0.980. The van der Waals surface area contributed by atoms with E-state index < -0.39 is 10.0 Å². The molecule has 1 aromatic rings. The molecule has 100 valence electrons. The third-order valence-electron chi connectivity index (χ3n) is 3.08. The second-order valence-corrected chi connectivity index (χ2v) is 6.47. The zero-order chi connectivity index (χ0) is 13.0. The molecule has 1 saturated heterocycles. The second kappa shape index (κ2) is 5.77. The molecule has 0 spiro atoms. The molecule has 2 rings (SSSR count). The largest absolute Gasteiger partial charge is 0.313 e. The van der Waals surface area contributed by atoms with Crippen molar-refractivity contribution in [1.82, 2.24) is 14.6 Å². The maximum absolute atomic E-state index is 12.2. The van der Waals surface area contributed by atoms with E-state index in [-0.39, 0.29) is 11.8 Å². The topological polar surface area (TPSA) is 62.3 Å². The van der Waals surface area contributed by atoms with E-state index in [1.54, 1.807) is 16.7 Å². The highest BCUT2D eigenvalue weighted by Crippen LogP contribution is 2.24. The van der Waals surface area contributed by atoms with Gasteiger partial charge in [-0.3, -0.25) is 4.98 Å². The van der Waals surface area contributed by atoms with Crippen LogP contribution in [0.25, 0.3) is 0 Å². The van der Waals surface area contributed by atoms with Gasteiger partial charge in [-0.25, -0.2) is 8.42 Å². The highest BCUT2D eigenvalue weighted by Gasteiger charge is 2.32. The van der Waals surface area contributed by atoms with Gasteiger partial charge in [-0.1, -0.05) is 13.0 Å². The molecule has 0 radical (unpaired) electrons. The number of nitrogens with zero attached hydrogens (tertiary/aromatic N) is 2. The van der Waals surface area contributed by atoms with Gasteiger partial charge in [0.15, 0.2) is 0 Å². The molecule has 1 unspecified atom stereocenters. The van der Waals surface area contributed by atoms with Gasteiger partial charge >= 0.3 is 0 Å². The van der Waals surface area contributed by atoms with Crippen LogP contribution in [0.3, 0.4) is 0 Å². The van der Waals surface area contributed by atoms with Gasteiger partial charge < -0.3 is 5.32 Å². The SMILES string of the molecule is CCCS(=O)(=O)N1CCNCC1c1cccnc1. The third kappa shape index (κ3) is 2.88. The van der Waals surface area contributed by atoms with Crippen LogP contribution in [0.5, 0.6) is 0 Å². The lowest BCUT2D eigenvalue weighted by Gasteiger charge is -2.35. The van der Waals surface area contributed by atoms with E-state index in [0.717, 1.165) is 5.56 Å². The van der Waals surface area contributed by atoms with Crippen molar-refractivity contribution in [2.24, 2.45) is 0 Å². The Labute approximate surface area is 108 Å². The lowest BCUT2D eigenvalue weighted by Crippen LogP contribution is -2.49. The van der Waals surface area contributed by atoms with Crippen LogP contribution >= 0.6 is 0 Å². The summed E-state index contributed by atoms with van der Waals surface area (Å²) in [7, 11) is -3.17. The van der Waals surface area contributed by atoms with E-state index >= 15 is 0 Å². The van der Waals surface area contributed by atoms with Crippen molar-refractivity contribution in [3.63, 3.8) is 0 Å². The number of hydrogen-bond acceptors (Lipinski definition) is 4. The standard InChI is InChI=1S/C12H19N3O2S/c1-2-8-18(16,17)15-7-6-14-10-12(15)11-4-3-5-13-9-11/h3-5,9,12,14H,2,6-8,10H2,1H3. The fraction of sp³-hybridized carbons (Fsp3) is 0.583. The molecule has 1 aromatic heterocycles. The average Bonchev–Trinajstić information content (AvgIpc) is 2.40. The minimum atomic E-state index is -3.17. The fourth-order valence-corrected chi connectivity index (χ4v) is 3.95. The Bertz CT molecular complexity index is 475. The molecule has 0 aromatic carbocycles. The summed E-state index contributed by atoms with van der Waals surface area (Å²) in [6, 6.07) is 3.64. The molecule has 0 bridgehead atoms. The molecule has 0 amide bonds. The van der Waals surface area contributed by atoms with Crippen molar-refractivity contribution < 1.29 is 8.42 Å². The molecule has 2 heterocycles. The number of aromatic nitrogens is 1. The predicted octanol–water partition coefficient (Wildman–Crippen LogP) is 0.768. The fourth-order valence-electron chi connectivity index (χ4n) is 2.25. The summed E-state index contributed by atoms with van der Waals surface area (Å²) in [6.45, 7) is 3.77. The lowest BCUT2D eigenvalue weighted by molar-refractivity contribution is 0.271. The molecule has 0 saturated carbocycles. The van der Waals surface area contributed by atoms with Crippen LogP contribution < -0.4 is 5.32 Å². The molecular formula is C12H19N3O2S. The molecule has 0 aliphatic carbocycles. The van der Waals surface area contributed by atoms with Crippen LogP contribution in [0.15, 0.2) is 24.5 Å². The number of sulfonamides is 1. The average molecular weight is 269 g/mol. The van der Waals surface area contributed by atoms with E-state index in [9.17, 15) is 8.42 Å². The van der Waals surface area contributed by atoms with Crippen LogP contribution in [0, 0.1) is 0 Å². The van der Waals surface area contributed by atoms with E-state index in [1.165, 1.54) is 0 Å². The van der Waals surface area contributed by atoms with Crippen molar-refractivity contribution in [1.29, 1.82) is 0 Å². The van der Waals surface area contributed by atoms with Crippen LogP contribution in [0.1, 0.15) is 24.9 Å². The van der Waals surface area contributed by atoms with E-state index in [0.29, 0.717) is 26.1 Å². The Kier molecular flexibility index (Phi) is 4.31. The number of nitrogens with one attached hydrogen (secondary N) is 1. The summed E-state index contributed by atoms with van der Waals surface area (Å²) in [6.07, 6.45) is 4.09. The van der Waals surface area contributed by atoms with E-state index in [1.807, 2.05) is 19.1 Å². The first-order chi connectivity index (χ1) is 8.65. The molecule has 1 fully saturated rings. The third-order valence-corrected chi connectivity index (χ3v) is 5.16. The Balaban J connectivity index is 2.27. The molecule has 1 aliphatic rings. The van der Waals surface area contributed by atoms with Crippen LogP contribution in [-0.2, 0) is 10.0 Å². The van der Waals surface area contributed by atoms with Crippen molar-refractivity contribution >= 4 is 10.0 Å². The van der Waals surface area contributed by atoms with Gasteiger partial charge in [0, 0.05) is 32.0 Å². The normalized spacial score (nSPS) is 21.9. The smallest absolute Gasteiger partial charge is 0.214 e. The minimum absolute atomic E-state index is 0.135. The van der Waals surface area contributed by atoms with Crippen LogP contribution in [0.4, 0.5) is 0 Å². The summed E-state index contributed by atoms with van der Waals surface area (Å²) in [4.78, 5) is 4.07. The van der Waals surface area contributed by atoms with Gasteiger partial charge in [0.25, 0.3) is 0 Å². The van der Waals surface area contributed by atoms with Gasteiger partial charge in [-0.05, 0) is 18.1 Å². The van der Waals surface area contributed by atoms with Gasteiger partial charge in [0.05, 0.1) is 11.8 Å². The zero-order valence-electron chi connectivity index (χ0n) is 10.5. The summed E-state index contributed by atoms with van der Waals surface area (Å²) < 4.78 is 26.1. The van der Waals surface area contributed by atoms with Crippen molar-refractivity contribution in [2.75, 3.05) is 25.4 Å². The maximum atomic E-state index is 12.2. The minimum Gasteiger partial charge on any atom is -0.313 e. The summed E-state index contributed by atoms with van der Waals surface area (Å²) >= 11 is 0. The Morgan fingerprint density at radius 2 is 2.39 bits per heavy atom. The zero-order valence-corrected chi connectivity index (χ0v) is 11.4. The molecule has 1 aliphatic heterocycles. The van der Waals surface area contributed by atoms with Gasteiger partial charge in [0.1, 0.15) is 0 Å². The molecule has 18 heavy (non-hydrogen) atoms. The number of hydrogen-bond donors (Lipinski definition) is 1. The number of rotatable bonds is 4. The lowest BCUT2D eigenvalue weighted by atomic mass is 10.1. The van der Waals surface area contributed by atoms with Gasteiger partial charge in [-0.15, -0.1) is 0 Å². The quantitative estimate of drug-likeness (QED) is 0.877. The predicted molar refractivity (Wildman–Crippen MR) is 70.6 cm³/mol. The van der Waals surface area contributed by atoms with Crippen LogP contribution in [-0.4, -0.2) is 43.1 Å². The monoisotopic (exact) mass is 269 g/mol.